The molecule has 1 aromatic carbocycles. The molecule has 0 bridgehead atoms. The maximum absolute atomic E-state index is 9.28. The fourth-order valence-electron chi connectivity index (χ4n) is 2.10. The zero-order valence-electron chi connectivity index (χ0n) is 13.3. The van der Waals surface area contributed by atoms with E-state index in [0.29, 0.717) is 13.0 Å². The molecule has 0 aliphatic carbocycles. The molecule has 1 aromatic rings. The van der Waals surface area contributed by atoms with Gasteiger partial charge in [-0.1, -0.05) is 13.0 Å². The van der Waals surface area contributed by atoms with E-state index in [1.807, 2.05) is 6.92 Å². The molecule has 0 saturated heterocycles. The van der Waals surface area contributed by atoms with Crippen molar-refractivity contribution >= 4 is 0 Å². The smallest absolute Gasteiger partial charge is 0.122 e. The number of hydrogen-bond donors (Lipinski definition) is 1. The summed E-state index contributed by atoms with van der Waals surface area (Å²) < 4.78 is 5.88. The van der Waals surface area contributed by atoms with Gasteiger partial charge >= 0.3 is 0 Å². The predicted octanol–water partition coefficient (Wildman–Crippen LogP) is 3.66. The van der Waals surface area contributed by atoms with Crippen molar-refractivity contribution in [2.45, 2.75) is 53.0 Å². The van der Waals surface area contributed by atoms with E-state index < -0.39 is 5.54 Å². The summed E-state index contributed by atoms with van der Waals surface area (Å²) in [4.78, 5) is 0. The highest BCUT2D eigenvalue weighted by atomic mass is 16.5. The van der Waals surface area contributed by atoms with Crippen LogP contribution in [0.3, 0.4) is 0 Å². The second-order valence-electron chi connectivity index (χ2n) is 5.67. The molecule has 1 N–H and O–H groups in total. The maximum atomic E-state index is 9.28. The number of benzene rings is 1. The minimum absolute atomic E-state index is 0.511. The van der Waals surface area contributed by atoms with Gasteiger partial charge in [0.05, 0.1) is 12.7 Å². The van der Waals surface area contributed by atoms with Crippen molar-refractivity contribution < 1.29 is 4.74 Å². The Morgan fingerprint density at radius 2 is 2.00 bits per heavy atom. The van der Waals surface area contributed by atoms with E-state index in [-0.39, 0.29) is 0 Å². The number of nitrogens with one attached hydrogen (secondary N) is 1. The van der Waals surface area contributed by atoms with E-state index >= 15 is 0 Å². The standard InChI is InChI=1S/C17H26N2O/c1-6-8-19-17(5,12-18)7-9-20-16-11-13(2)10-14(3)15(16)4/h10-11,19H,6-9H2,1-5H3. The Morgan fingerprint density at radius 1 is 1.30 bits per heavy atom. The molecule has 3 nitrogen and oxygen atoms in total. The largest absolute Gasteiger partial charge is 0.493 e. The van der Waals surface area contributed by atoms with Crippen LogP contribution in [0.2, 0.25) is 0 Å². The van der Waals surface area contributed by atoms with E-state index in [1.165, 1.54) is 16.7 Å². The highest BCUT2D eigenvalue weighted by Gasteiger charge is 2.22. The topological polar surface area (TPSA) is 45.0 Å². The molecule has 0 aromatic heterocycles. The van der Waals surface area contributed by atoms with E-state index in [1.54, 1.807) is 0 Å². The van der Waals surface area contributed by atoms with E-state index in [2.05, 4.69) is 51.2 Å². The number of aryl methyl sites for hydroxylation is 2. The molecule has 1 rings (SSSR count). The summed E-state index contributed by atoms with van der Waals surface area (Å²) in [6, 6.07) is 6.56. The summed E-state index contributed by atoms with van der Waals surface area (Å²) in [5, 5.41) is 12.6. The minimum Gasteiger partial charge on any atom is -0.493 e. The molecular weight excluding hydrogens is 248 g/mol. The Hall–Kier alpha value is -1.53. The molecule has 0 spiro atoms. The van der Waals surface area contributed by atoms with E-state index in [0.717, 1.165) is 18.7 Å². The lowest BCUT2D eigenvalue weighted by Gasteiger charge is -2.23. The van der Waals surface area contributed by atoms with Crippen LogP contribution in [0.1, 0.15) is 43.4 Å². The van der Waals surface area contributed by atoms with Crippen molar-refractivity contribution in [3.05, 3.63) is 28.8 Å². The monoisotopic (exact) mass is 274 g/mol. The Balaban J connectivity index is 2.62. The van der Waals surface area contributed by atoms with Crippen molar-refractivity contribution in [3.63, 3.8) is 0 Å². The van der Waals surface area contributed by atoms with E-state index in [9.17, 15) is 5.26 Å². The van der Waals surface area contributed by atoms with Gasteiger partial charge in [0.2, 0.25) is 0 Å². The minimum atomic E-state index is -0.511. The first kappa shape index (κ1) is 16.5. The molecule has 1 atom stereocenters. The van der Waals surface area contributed by atoms with Gasteiger partial charge in [0.25, 0.3) is 0 Å². The van der Waals surface area contributed by atoms with Crippen LogP contribution in [0, 0.1) is 32.1 Å². The summed E-state index contributed by atoms with van der Waals surface area (Å²) in [5.74, 6) is 0.929. The second-order valence-corrected chi connectivity index (χ2v) is 5.67. The lowest BCUT2D eigenvalue weighted by Crippen LogP contribution is -2.42. The molecule has 0 aliphatic heterocycles. The number of hydrogen-bond acceptors (Lipinski definition) is 3. The molecule has 0 heterocycles. The number of ether oxygens (including phenoxy) is 1. The third-order valence-corrected chi connectivity index (χ3v) is 3.64. The van der Waals surface area contributed by atoms with Gasteiger partial charge < -0.3 is 4.74 Å². The van der Waals surface area contributed by atoms with Crippen LogP contribution in [-0.4, -0.2) is 18.7 Å². The fraction of sp³-hybridized carbons (Fsp3) is 0.588. The molecule has 0 fully saturated rings. The lowest BCUT2D eigenvalue weighted by molar-refractivity contribution is 0.265. The van der Waals surface area contributed by atoms with Crippen molar-refractivity contribution in [3.8, 4) is 11.8 Å². The Bertz CT molecular complexity index is 490. The first-order chi connectivity index (χ1) is 9.41. The summed E-state index contributed by atoms with van der Waals surface area (Å²) in [5.41, 5.74) is 3.11. The Morgan fingerprint density at radius 3 is 2.60 bits per heavy atom. The Kier molecular flexibility index (Phi) is 6.04. The van der Waals surface area contributed by atoms with Crippen molar-refractivity contribution in [1.82, 2.24) is 5.32 Å². The summed E-state index contributed by atoms with van der Waals surface area (Å²) in [6.07, 6.45) is 1.70. The third-order valence-electron chi connectivity index (χ3n) is 3.64. The molecular formula is C17H26N2O. The van der Waals surface area contributed by atoms with Crippen LogP contribution >= 0.6 is 0 Å². The summed E-state index contributed by atoms with van der Waals surface area (Å²) in [6.45, 7) is 11.7. The molecule has 0 aliphatic rings. The highest BCUT2D eigenvalue weighted by Crippen LogP contribution is 2.24. The van der Waals surface area contributed by atoms with Gasteiger partial charge in [-0.05, 0) is 63.4 Å². The molecule has 20 heavy (non-hydrogen) atoms. The number of nitrogens with zero attached hydrogens (tertiary/aromatic N) is 1. The maximum Gasteiger partial charge on any atom is 0.122 e. The van der Waals surface area contributed by atoms with Gasteiger partial charge in [-0.2, -0.15) is 5.26 Å². The normalized spacial score (nSPS) is 13.6. The molecule has 0 radical (unpaired) electrons. The lowest BCUT2D eigenvalue weighted by atomic mass is 10.0. The summed E-state index contributed by atoms with van der Waals surface area (Å²) >= 11 is 0. The average Bonchev–Trinajstić information content (AvgIpc) is 2.42. The molecule has 0 amide bonds. The second kappa shape index (κ2) is 7.31. The van der Waals surface area contributed by atoms with Crippen LogP contribution in [0.4, 0.5) is 0 Å². The number of nitriles is 1. The first-order valence-electron chi connectivity index (χ1n) is 7.29. The van der Waals surface area contributed by atoms with Crippen LogP contribution in [-0.2, 0) is 0 Å². The predicted molar refractivity (Wildman–Crippen MR) is 83.1 cm³/mol. The molecule has 0 saturated carbocycles. The summed E-state index contributed by atoms with van der Waals surface area (Å²) in [7, 11) is 0. The fourth-order valence-corrected chi connectivity index (χ4v) is 2.10. The molecule has 3 heteroatoms. The van der Waals surface area contributed by atoms with Crippen LogP contribution < -0.4 is 10.1 Å². The van der Waals surface area contributed by atoms with Crippen LogP contribution in [0.25, 0.3) is 0 Å². The zero-order valence-corrected chi connectivity index (χ0v) is 13.3. The van der Waals surface area contributed by atoms with Gasteiger partial charge in [-0.15, -0.1) is 0 Å². The quantitative estimate of drug-likeness (QED) is 0.825. The SMILES string of the molecule is CCCNC(C)(C#N)CCOc1cc(C)cc(C)c1C. The molecule has 110 valence electrons. The van der Waals surface area contributed by atoms with E-state index in [4.69, 9.17) is 4.74 Å². The average molecular weight is 274 g/mol. The zero-order chi connectivity index (χ0) is 15.2. The van der Waals surface area contributed by atoms with Gasteiger partial charge in [0.1, 0.15) is 11.3 Å². The van der Waals surface area contributed by atoms with Crippen molar-refractivity contribution in [2.75, 3.05) is 13.2 Å². The van der Waals surface area contributed by atoms with Gasteiger partial charge in [-0.3, -0.25) is 5.32 Å². The highest BCUT2D eigenvalue weighted by molar-refractivity contribution is 5.41. The van der Waals surface area contributed by atoms with Crippen LogP contribution in [0.5, 0.6) is 5.75 Å². The van der Waals surface area contributed by atoms with Gasteiger partial charge in [0.15, 0.2) is 0 Å². The third kappa shape index (κ3) is 4.54. The van der Waals surface area contributed by atoms with Gasteiger partial charge in [-0.25, -0.2) is 0 Å². The molecule has 1 unspecified atom stereocenters. The Labute approximate surface area is 123 Å². The van der Waals surface area contributed by atoms with Gasteiger partial charge in [0, 0.05) is 6.42 Å². The van der Waals surface area contributed by atoms with Crippen LogP contribution in [0.15, 0.2) is 12.1 Å². The van der Waals surface area contributed by atoms with Crippen molar-refractivity contribution in [1.29, 1.82) is 5.26 Å². The number of rotatable bonds is 7. The first-order valence-corrected chi connectivity index (χ1v) is 7.29. The van der Waals surface area contributed by atoms with Crippen molar-refractivity contribution in [2.24, 2.45) is 0 Å².